The Morgan fingerprint density at radius 3 is 2.50 bits per heavy atom. The number of nitro groups is 1. The minimum Gasteiger partial charge on any atom is -0.493 e. The summed E-state index contributed by atoms with van der Waals surface area (Å²) >= 11 is 0. The Bertz CT molecular complexity index is 1130. The van der Waals surface area contributed by atoms with Crippen molar-refractivity contribution in [2.75, 3.05) is 19.6 Å². The second kappa shape index (κ2) is 10.6. The van der Waals surface area contributed by atoms with Crippen LogP contribution < -0.4 is 14.9 Å². The van der Waals surface area contributed by atoms with Crippen LogP contribution in [0.1, 0.15) is 21.5 Å². The van der Waals surface area contributed by atoms with Crippen molar-refractivity contribution < 1.29 is 23.9 Å². The van der Waals surface area contributed by atoms with Gasteiger partial charge in [-0.15, -0.1) is 0 Å². The number of para-hydroxylation sites is 2. The largest absolute Gasteiger partial charge is 0.493 e. The SMILES string of the molecule is COC(=O)c1ccc(COc2ccc(/C=N\Nc3ccccc3[N+](=O)[O-])cc2OC)cc1. The molecule has 0 aliphatic rings. The molecule has 0 aromatic heterocycles. The Morgan fingerprint density at radius 2 is 1.81 bits per heavy atom. The Hall–Kier alpha value is -4.40. The van der Waals surface area contributed by atoms with Gasteiger partial charge in [0.2, 0.25) is 0 Å². The summed E-state index contributed by atoms with van der Waals surface area (Å²) in [6, 6.07) is 18.4. The maximum Gasteiger partial charge on any atom is 0.337 e. The molecule has 0 heterocycles. The van der Waals surface area contributed by atoms with Crippen LogP contribution in [-0.4, -0.2) is 31.3 Å². The van der Waals surface area contributed by atoms with Gasteiger partial charge in [0.15, 0.2) is 11.5 Å². The molecule has 32 heavy (non-hydrogen) atoms. The van der Waals surface area contributed by atoms with Crippen LogP contribution in [0.25, 0.3) is 0 Å². The number of hydrazone groups is 1. The summed E-state index contributed by atoms with van der Waals surface area (Å²) in [5, 5.41) is 15.1. The Morgan fingerprint density at radius 1 is 1.06 bits per heavy atom. The fourth-order valence-corrected chi connectivity index (χ4v) is 2.80. The topological polar surface area (TPSA) is 112 Å². The summed E-state index contributed by atoms with van der Waals surface area (Å²) in [6.07, 6.45) is 1.52. The van der Waals surface area contributed by atoms with Gasteiger partial charge in [-0.05, 0) is 47.5 Å². The van der Waals surface area contributed by atoms with Gasteiger partial charge in [0.1, 0.15) is 12.3 Å². The molecule has 0 unspecified atom stereocenters. The standard InChI is InChI=1S/C23H21N3O6/c1-30-22-13-17(14-24-25-19-5-3-4-6-20(19)26(28)29)9-12-21(22)32-15-16-7-10-18(11-8-16)23(27)31-2/h3-14,25H,15H2,1-2H3/b24-14-. The molecule has 0 saturated carbocycles. The van der Waals surface area contributed by atoms with Gasteiger partial charge in [-0.3, -0.25) is 15.5 Å². The molecule has 9 nitrogen and oxygen atoms in total. The number of nitrogens with one attached hydrogen (secondary N) is 1. The highest BCUT2D eigenvalue weighted by Crippen LogP contribution is 2.28. The van der Waals surface area contributed by atoms with Crippen molar-refractivity contribution in [2.24, 2.45) is 5.10 Å². The van der Waals surface area contributed by atoms with Crippen molar-refractivity contribution in [2.45, 2.75) is 6.61 Å². The maximum atomic E-state index is 11.5. The molecule has 0 radical (unpaired) electrons. The van der Waals surface area contributed by atoms with Crippen molar-refractivity contribution in [3.8, 4) is 11.5 Å². The van der Waals surface area contributed by atoms with E-state index in [1.54, 1.807) is 60.7 Å². The van der Waals surface area contributed by atoms with Gasteiger partial charge in [0.25, 0.3) is 5.69 Å². The number of ether oxygens (including phenoxy) is 3. The summed E-state index contributed by atoms with van der Waals surface area (Å²) in [5.41, 5.74) is 4.96. The number of carbonyl (C=O) groups is 1. The van der Waals surface area contributed by atoms with Crippen molar-refractivity contribution in [3.63, 3.8) is 0 Å². The van der Waals surface area contributed by atoms with E-state index in [-0.39, 0.29) is 12.3 Å². The van der Waals surface area contributed by atoms with Crippen LogP contribution in [0, 0.1) is 10.1 Å². The molecule has 0 fully saturated rings. The molecule has 164 valence electrons. The van der Waals surface area contributed by atoms with E-state index in [9.17, 15) is 14.9 Å². The third-order valence-corrected chi connectivity index (χ3v) is 4.46. The third kappa shape index (κ3) is 5.60. The van der Waals surface area contributed by atoms with Gasteiger partial charge < -0.3 is 14.2 Å². The second-order valence-electron chi connectivity index (χ2n) is 6.53. The highest BCUT2D eigenvalue weighted by atomic mass is 16.6. The first kappa shape index (κ1) is 22.3. The number of methoxy groups -OCH3 is 2. The summed E-state index contributed by atoms with van der Waals surface area (Å²) in [4.78, 5) is 22.1. The molecule has 9 heteroatoms. The average molecular weight is 435 g/mol. The summed E-state index contributed by atoms with van der Waals surface area (Å²) in [7, 11) is 2.86. The van der Waals surface area contributed by atoms with E-state index >= 15 is 0 Å². The monoisotopic (exact) mass is 435 g/mol. The number of anilines is 1. The molecule has 3 aromatic rings. The van der Waals surface area contributed by atoms with E-state index < -0.39 is 10.9 Å². The number of hydrogen-bond donors (Lipinski definition) is 1. The minimum absolute atomic E-state index is 0.0643. The van der Waals surface area contributed by atoms with E-state index in [1.807, 2.05) is 0 Å². The van der Waals surface area contributed by atoms with Gasteiger partial charge in [-0.1, -0.05) is 24.3 Å². The van der Waals surface area contributed by atoms with Crippen LogP contribution in [0.5, 0.6) is 11.5 Å². The lowest BCUT2D eigenvalue weighted by molar-refractivity contribution is -0.384. The van der Waals surface area contributed by atoms with Gasteiger partial charge in [0.05, 0.1) is 30.9 Å². The Balaban J connectivity index is 1.65. The van der Waals surface area contributed by atoms with Gasteiger partial charge in [-0.25, -0.2) is 4.79 Å². The van der Waals surface area contributed by atoms with Crippen LogP contribution in [0.15, 0.2) is 71.8 Å². The van der Waals surface area contributed by atoms with Crippen LogP contribution in [0.2, 0.25) is 0 Å². The Kier molecular flexibility index (Phi) is 7.37. The number of esters is 1. The normalized spacial score (nSPS) is 10.6. The average Bonchev–Trinajstić information content (AvgIpc) is 2.83. The molecule has 0 aliphatic heterocycles. The van der Waals surface area contributed by atoms with Gasteiger partial charge in [0, 0.05) is 6.07 Å². The smallest absolute Gasteiger partial charge is 0.337 e. The zero-order valence-corrected chi connectivity index (χ0v) is 17.5. The van der Waals surface area contributed by atoms with Crippen molar-refractivity contribution in [3.05, 3.63) is 93.5 Å². The lowest BCUT2D eigenvalue weighted by Crippen LogP contribution is -2.02. The first-order valence-electron chi connectivity index (χ1n) is 9.52. The number of carbonyl (C=O) groups excluding carboxylic acids is 1. The third-order valence-electron chi connectivity index (χ3n) is 4.46. The number of nitrogens with zero attached hydrogens (tertiary/aromatic N) is 2. The quantitative estimate of drug-likeness (QED) is 0.229. The van der Waals surface area contributed by atoms with Crippen molar-refractivity contribution >= 4 is 23.6 Å². The molecule has 0 saturated heterocycles. The number of rotatable bonds is 9. The van der Waals surface area contributed by atoms with Gasteiger partial charge in [-0.2, -0.15) is 5.10 Å². The lowest BCUT2D eigenvalue weighted by atomic mass is 10.1. The molecule has 0 aliphatic carbocycles. The fraction of sp³-hybridized carbons (Fsp3) is 0.130. The Labute approximate surface area is 184 Å². The molecule has 0 bridgehead atoms. The minimum atomic E-state index is -0.476. The zero-order chi connectivity index (χ0) is 22.9. The van der Waals surface area contributed by atoms with E-state index in [2.05, 4.69) is 15.3 Å². The highest BCUT2D eigenvalue weighted by Gasteiger charge is 2.11. The molecule has 0 amide bonds. The van der Waals surface area contributed by atoms with Crippen molar-refractivity contribution in [1.82, 2.24) is 0 Å². The maximum absolute atomic E-state index is 11.5. The first-order chi connectivity index (χ1) is 15.5. The molecule has 0 spiro atoms. The second-order valence-corrected chi connectivity index (χ2v) is 6.53. The number of nitro benzene ring substituents is 1. The van der Waals surface area contributed by atoms with Crippen molar-refractivity contribution in [1.29, 1.82) is 0 Å². The molecular formula is C23H21N3O6. The molecule has 3 aromatic carbocycles. The zero-order valence-electron chi connectivity index (χ0n) is 17.5. The molecule has 1 N–H and O–H groups in total. The number of benzene rings is 3. The van der Waals surface area contributed by atoms with Gasteiger partial charge >= 0.3 is 5.97 Å². The molecule has 0 atom stereocenters. The first-order valence-corrected chi connectivity index (χ1v) is 9.52. The number of hydrogen-bond acceptors (Lipinski definition) is 8. The summed E-state index contributed by atoms with van der Waals surface area (Å²) in [6.45, 7) is 0.282. The predicted octanol–water partition coefficient (Wildman–Crippen LogP) is 4.42. The van der Waals surface area contributed by atoms with E-state index in [4.69, 9.17) is 9.47 Å². The molecular weight excluding hydrogens is 414 g/mol. The van der Waals surface area contributed by atoms with Crippen LogP contribution in [-0.2, 0) is 11.3 Å². The van der Waals surface area contributed by atoms with Crippen LogP contribution >= 0.6 is 0 Å². The van der Waals surface area contributed by atoms with E-state index in [0.29, 0.717) is 28.3 Å². The fourth-order valence-electron chi connectivity index (χ4n) is 2.80. The highest BCUT2D eigenvalue weighted by molar-refractivity contribution is 5.89. The summed E-state index contributed by atoms with van der Waals surface area (Å²) in [5.74, 6) is 0.645. The molecule has 3 rings (SSSR count). The lowest BCUT2D eigenvalue weighted by Gasteiger charge is -2.11. The van der Waals surface area contributed by atoms with Crippen LogP contribution in [0.4, 0.5) is 11.4 Å². The summed E-state index contributed by atoms with van der Waals surface area (Å²) < 4.78 is 15.9. The van der Waals surface area contributed by atoms with E-state index in [1.165, 1.54) is 26.5 Å². The predicted molar refractivity (Wildman–Crippen MR) is 119 cm³/mol. The van der Waals surface area contributed by atoms with E-state index in [0.717, 1.165) is 5.56 Å². The van der Waals surface area contributed by atoms with Crippen LogP contribution in [0.3, 0.4) is 0 Å².